The van der Waals surface area contributed by atoms with E-state index in [1.165, 1.54) is 5.56 Å². The monoisotopic (exact) mass is 582 g/mol. The summed E-state index contributed by atoms with van der Waals surface area (Å²) in [5, 5.41) is 0. The Morgan fingerprint density at radius 1 is 0.535 bits per heavy atom. The molecule has 4 rings (SSSR count). The Balaban J connectivity index is 0.00000204. The van der Waals surface area contributed by atoms with Gasteiger partial charge >= 0.3 is 5.97 Å². The average Bonchev–Trinajstić information content (AvgIpc) is 3.09. The minimum absolute atomic E-state index is 0.0486. The number of rotatable bonds is 8. The first-order valence-corrected chi connectivity index (χ1v) is 15.3. The van der Waals surface area contributed by atoms with Gasteiger partial charge in [0.2, 0.25) is 0 Å². The smallest absolute Gasteiger partial charge is 0.343 e. The molecule has 0 bridgehead atoms. The molecule has 0 radical (unpaired) electrons. The highest BCUT2D eigenvalue weighted by molar-refractivity contribution is 5.94. The van der Waals surface area contributed by atoms with Crippen molar-refractivity contribution >= 4 is 23.9 Å². The highest BCUT2D eigenvalue weighted by Gasteiger charge is 2.08. The van der Waals surface area contributed by atoms with Crippen LogP contribution in [0.5, 0.6) is 11.5 Å². The van der Waals surface area contributed by atoms with E-state index in [0.717, 1.165) is 28.9 Å². The van der Waals surface area contributed by atoms with E-state index in [-0.39, 0.29) is 5.78 Å². The number of ether oxygens (including phenoxy) is 2. The van der Waals surface area contributed by atoms with Gasteiger partial charge in [-0.05, 0) is 72.0 Å². The van der Waals surface area contributed by atoms with Crippen molar-refractivity contribution in [3.8, 4) is 11.5 Å². The molecule has 4 heteroatoms. The van der Waals surface area contributed by atoms with E-state index in [2.05, 4.69) is 0 Å². The Hall–Kier alpha value is -4.44. The summed E-state index contributed by atoms with van der Waals surface area (Å²) >= 11 is 0. The molecule has 230 valence electrons. The first-order chi connectivity index (χ1) is 21.0. The summed E-state index contributed by atoms with van der Waals surface area (Å²) in [6, 6.07) is 30.2. The van der Waals surface area contributed by atoms with Crippen molar-refractivity contribution in [2.75, 3.05) is 7.11 Å². The van der Waals surface area contributed by atoms with Crippen molar-refractivity contribution in [1.82, 2.24) is 0 Å². The zero-order valence-electron chi connectivity index (χ0n) is 27.7. The second-order valence-corrected chi connectivity index (χ2v) is 8.19. The third-order valence-electron chi connectivity index (χ3n) is 5.63. The minimum Gasteiger partial charge on any atom is -0.497 e. The van der Waals surface area contributed by atoms with Crippen LogP contribution < -0.4 is 9.47 Å². The van der Waals surface area contributed by atoms with Gasteiger partial charge < -0.3 is 9.47 Å². The predicted octanol–water partition coefficient (Wildman–Crippen LogP) is 11.0. The topological polar surface area (TPSA) is 52.6 Å². The lowest BCUT2D eigenvalue weighted by atomic mass is 10.0. The van der Waals surface area contributed by atoms with Crippen LogP contribution in [-0.2, 0) is 6.42 Å². The van der Waals surface area contributed by atoms with Crippen LogP contribution in [0.2, 0.25) is 0 Å². The summed E-state index contributed by atoms with van der Waals surface area (Å²) in [4.78, 5) is 23.9. The van der Waals surface area contributed by atoms with E-state index >= 15 is 0 Å². The van der Waals surface area contributed by atoms with Gasteiger partial charge in [0, 0.05) is 5.56 Å². The summed E-state index contributed by atoms with van der Waals surface area (Å²) < 4.78 is 10.7. The molecule has 0 N–H and O–H groups in total. The van der Waals surface area contributed by atoms with Crippen molar-refractivity contribution in [2.24, 2.45) is 0 Å². The van der Waals surface area contributed by atoms with E-state index in [1.54, 1.807) is 26.2 Å². The highest BCUT2D eigenvalue weighted by Crippen LogP contribution is 2.19. The summed E-state index contributed by atoms with van der Waals surface area (Å²) in [5.41, 5.74) is 5.43. The van der Waals surface area contributed by atoms with E-state index in [0.29, 0.717) is 16.9 Å². The van der Waals surface area contributed by atoms with Crippen LogP contribution in [0.15, 0.2) is 97.1 Å². The molecule has 4 aromatic rings. The Labute approximate surface area is 260 Å². The molecule has 0 aliphatic carbocycles. The number of methoxy groups -OCH3 is 1. The van der Waals surface area contributed by atoms with Gasteiger partial charge in [0.1, 0.15) is 11.5 Å². The van der Waals surface area contributed by atoms with Crippen LogP contribution in [0.3, 0.4) is 0 Å². The van der Waals surface area contributed by atoms with Crippen molar-refractivity contribution in [2.45, 2.75) is 68.7 Å². The van der Waals surface area contributed by atoms with Crippen LogP contribution >= 0.6 is 0 Å². The van der Waals surface area contributed by atoms with Crippen molar-refractivity contribution in [3.05, 3.63) is 130 Å². The lowest BCUT2D eigenvalue weighted by Gasteiger charge is -2.07. The zero-order valence-corrected chi connectivity index (χ0v) is 27.7. The van der Waals surface area contributed by atoms with E-state index in [1.807, 2.05) is 152 Å². The molecular weight excluding hydrogens is 532 g/mol. The van der Waals surface area contributed by atoms with Crippen LogP contribution in [0.1, 0.15) is 105 Å². The Morgan fingerprint density at radius 3 is 1.28 bits per heavy atom. The second-order valence-electron chi connectivity index (χ2n) is 8.19. The van der Waals surface area contributed by atoms with Crippen LogP contribution in [0.25, 0.3) is 12.2 Å². The molecular formula is C39H50O4. The van der Waals surface area contributed by atoms with Gasteiger partial charge in [0.25, 0.3) is 0 Å². The summed E-state index contributed by atoms with van der Waals surface area (Å²) in [5.74, 6) is 0.989. The predicted molar refractivity (Wildman–Crippen MR) is 184 cm³/mol. The fourth-order valence-electron chi connectivity index (χ4n) is 3.57. The Bertz CT molecular complexity index is 1320. The maximum Gasteiger partial charge on any atom is 0.343 e. The molecule has 0 aliphatic rings. The molecule has 0 saturated carbocycles. The molecule has 0 amide bonds. The first kappa shape index (κ1) is 38.6. The fraction of sp³-hybridized carbons (Fsp3) is 0.282. The van der Waals surface area contributed by atoms with Crippen LogP contribution in [0, 0.1) is 0 Å². The molecule has 0 aliphatic heterocycles. The summed E-state index contributed by atoms with van der Waals surface area (Å²) in [6.45, 7) is 17.6. The number of esters is 1. The number of carbonyl (C=O) groups is 2. The van der Waals surface area contributed by atoms with Crippen LogP contribution in [0.4, 0.5) is 0 Å². The average molecular weight is 583 g/mol. The first-order valence-electron chi connectivity index (χ1n) is 15.3. The molecule has 4 aromatic carbocycles. The van der Waals surface area contributed by atoms with E-state index in [4.69, 9.17) is 9.47 Å². The molecule has 4 nitrogen and oxygen atoms in total. The number of carbonyl (C=O) groups excluding carboxylic acids is 2. The third-order valence-corrected chi connectivity index (χ3v) is 5.63. The maximum absolute atomic E-state index is 12.5. The van der Waals surface area contributed by atoms with E-state index < -0.39 is 5.97 Å². The quantitative estimate of drug-likeness (QED) is 0.0897. The van der Waals surface area contributed by atoms with E-state index in [9.17, 15) is 9.59 Å². The Morgan fingerprint density at radius 2 is 0.907 bits per heavy atom. The fourth-order valence-corrected chi connectivity index (χ4v) is 3.57. The minimum atomic E-state index is -0.400. The Kier molecular flexibility index (Phi) is 20.8. The van der Waals surface area contributed by atoms with Gasteiger partial charge in [-0.1, -0.05) is 128 Å². The molecule has 43 heavy (non-hydrogen) atoms. The normalized spacial score (nSPS) is 9.35. The number of Topliss-reactive ketones (excluding diaryl/α,β-unsaturated/α-hetero) is 1. The summed E-state index contributed by atoms with van der Waals surface area (Å²) in [6.07, 6.45) is 4.71. The lowest BCUT2D eigenvalue weighted by Crippen LogP contribution is -2.08. The summed E-state index contributed by atoms with van der Waals surface area (Å²) in [7, 11) is 1.65. The highest BCUT2D eigenvalue weighted by atomic mass is 16.5. The standard InChI is InChI=1S/C31H26O4.4C2H6/c1-22(32)27-13-5-23(6-14-27)3-4-24-7-15-28(16-8-24)31(33)35-30-19-11-26(12-20-30)21-25-9-17-29(34-2)18-10-25;4*1-2/h3-20H,21H2,1-2H3;4*1-2H3. The molecule has 0 fully saturated rings. The second kappa shape index (κ2) is 23.2. The third kappa shape index (κ3) is 13.8. The van der Waals surface area contributed by atoms with Gasteiger partial charge in [-0.15, -0.1) is 0 Å². The van der Waals surface area contributed by atoms with Crippen molar-refractivity contribution < 1.29 is 19.1 Å². The van der Waals surface area contributed by atoms with Gasteiger partial charge in [0.15, 0.2) is 5.78 Å². The zero-order chi connectivity index (χ0) is 32.6. The number of benzene rings is 4. The lowest BCUT2D eigenvalue weighted by molar-refractivity contribution is 0.0734. The number of ketones is 1. The number of hydrogen-bond acceptors (Lipinski definition) is 4. The van der Waals surface area contributed by atoms with Crippen molar-refractivity contribution in [3.63, 3.8) is 0 Å². The van der Waals surface area contributed by atoms with Gasteiger partial charge in [0.05, 0.1) is 12.7 Å². The van der Waals surface area contributed by atoms with Gasteiger partial charge in [-0.3, -0.25) is 4.79 Å². The van der Waals surface area contributed by atoms with Crippen molar-refractivity contribution in [1.29, 1.82) is 0 Å². The molecule has 0 aromatic heterocycles. The molecule has 0 atom stereocenters. The van der Waals surface area contributed by atoms with Crippen LogP contribution in [-0.4, -0.2) is 18.9 Å². The maximum atomic E-state index is 12.5. The SMILES string of the molecule is CC.CC.CC.CC.COc1ccc(Cc2ccc(OC(=O)c3ccc(C=Cc4ccc(C(C)=O)cc4)cc3)cc2)cc1. The molecule has 0 unspecified atom stereocenters. The van der Waals surface area contributed by atoms with Gasteiger partial charge in [-0.2, -0.15) is 0 Å². The molecule has 0 spiro atoms. The number of hydrogen-bond donors (Lipinski definition) is 0. The molecule has 0 saturated heterocycles. The van der Waals surface area contributed by atoms with Gasteiger partial charge in [-0.25, -0.2) is 4.79 Å². The molecule has 0 heterocycles. The largest absolute Gasteiger partial charge is 0.497 e.